The largest absolute Gasteiger partial charge is 0.480 e. The summed E-state index contributed by atoms with van der Waals surface area (Å²) in [6, 6.07) is 1.30. The van der Waals surface area contributed by atoms with Crippen LogP contribution in [0.25, 0.3) is 0 Å². The van der Waals surface area contributed by atoms with Crippen molar-refractivity contribution in [2.24, 2.45) is 5.92 Å². The molecule has 0 saturated heterocycles. The van der Waals surface area contributed by atoms with E-state index in [1.54, 1.807) is 13.8 Å². The van der Waals surface area contributed by atoms with Crippen LogP contribution in [0.5, 0.6) is 5.75 Å². The molecule has 1 rings (SSSR count). The summed E-state index contributed by atoms with van der Waals surface area (Å²) in [6.45, 7) is 0.302. The Bertz CT molecular complexity index is 549. The van der Waals surface area contributed by atoms with E-state index in [1.165, 1.54) is 0 Å². The number of aliphatic carboxylic acids is 1. The van der Waals surface area contributed by atoms with Crippen LogP contribution in [0, 0.1) is 11.7 Å². The number of rotatable bonds is 7. The van der Waals surface area contributed by atoms with Crippen LogP contribution in [0.1, 0.15) is 30.6 Å². The Labute approximate surface area is 125 Å². The molecule has 0 spiro atoms. The number of ether oxygens (including phenoxy) is 1. The third-order valence-corrected chi connectivity index (χ3v) is 2.71. The fraction of sp³-hybridized carbons (Fsp3) is 0.429. The van der Waals surface area contributed by atoms with Gasteiger partial charge >= 0.3 is 12.6 Å². The number of carbonyl (C=O) groups excluding carboxylic acids is 1. The molecule has 22 heavy (non-hydrogen) atoms. The highest BCUT2D eigenvalue weighted by Gasteiger charge is 2.24. The molecule has 0 radical (unpaired) electrons. The minimum atomic E-state index is -3.24. The smallest absolute Gasteiger partial charge is 0.387 e. The molecule has 0 saturated carbocycles. The van der Waals surface area contributed by atoms with Crippen molar-refractivity contribution in [3.05, 3.63) is 29.6 Å². The van der Waals surface area contributed by atoms with Gasteiger partial charge in [-0.1, -0.05) is 13.8 Å². The van der Waals surface area contributed by atoms with Gasteiger partial charge in [0.1, 0.15) is 17.6 Å². The lowest BCUT2D eigenvalue weighted by atomic mass is 10.0. The number of hydrogen-bond donors (Lipinski definition) is 2. The van der Waals surface area contributed by atoms with E-state index in [4.69, 9.17) is 5.11 Å². The number of carboxylic acid groups (broad SMARTS) is 1. The number of benzene rings is 1. The molecule has 122 valence electrons. The summed E-state index contributed by atoms with van der Waals surface area (Å²) in [5, 5.41) is 11.3. The Morgan fingerprint density at radius 1 is 1.32 bits per heavy atom. The first-order chi connectivity index (χ1) is 10.2. The minimum Gasteiger partial charge on any atom is -0.480 e. The lowest BCUT2D eigenvalue weighted by molar-refractivity contribution is -0.139. The van der Waals surface area contributed by atoms with Crippen LogP contribution in [0.15, 0.2) is 18.2 Å². The lowest BCUT2D eigenvalue weighted by Crippen LogP contribution is -2.41. The highest BCUT2D eigenvalue weighted by molar-refractivity contribution is 5.98. The Morgan fingerprint density at radius 2 is 1.95 bits per heavy atom. The normalized spacial score (nSPS) is 12.3. The van der Waals surface area contributed by atoms with Gasteiger partial charge in [0.25, 0.3) is 5.91 Å². The molecule has 0 bridgehead atoms. The van der Waals surface area contributed by atoms with Gasteiger partial charge in [0, 0.05) is 6.07 Å². The molecule has 5 nitrogen and oxygen atoms in total. The Hall–Kier alpha value is -2.25. The van der Waals surface area contributed by atoms with E-state index in [9.17, 15) is 22.8 Å². The number of hydrogen-bond acceptors (Lipinski definition) is 3. The number of alkyl halides is 2. The molecule has 0 heterocycles. The zero-order valence-corrected chi connectivity index (χ0v) is 12.0. The molecule has 0 aliphatic heterocycles. The summed E-state index contributed by atoms with van der Waals surface area (Å²) >= 11 is 0. The molecule has 8 heteroatoms. The van der Waals surface area contributed by atoms with Gasteiger partial charge in [-0.05, 0) is 24.5 Å². The maximum Gasteiger partial charge on any atom is 0.387 e. The lowest BCUT2D eigenvalue weighted by Gasteiger charge is -2.17. The van der Waals surface area contributed by atoms with Crippen molar-refractivity contribution in [1.29, 1.82) is 0 Å². The second-order valence-corrected chi connectivity index (χ2v) is 5.01. The topological polar surface area (TPSA) is 75.6 Å². The number of nitrogens with one attached hydrogen (secondary N) is 1. The maximum atomic E-state index is 13.1. The molecule has 1 aromatic rings. The van der Waals surface area contributed by atoms with Crippen molar-refractivity contribution >= 4 is 11.9 Å². The predicted molar refractivity (Wildman–Crippen MR) is 71.4 cm³/mol. The van der Waals surface area contributed by atoms with E-state index in [0.29, 0.717) is 6.07 Å². The van der Waals surface area contributed by atoms with E-state index < -0.39 is 36.1 Å². The summed E-state index contributed by atoms with van der Waals surface area (Å²) in [6.07, 6.45) is 0.160. The van der Waals surface area contributed by atoms with Crippen LogP contribution >= 0.6 is 0 Å². The molecule has 1 aromatic carbocycles. The van der Waals surface area contributed by atoms with E-state index in [0.717, 1.165) is 12.1 Å². The van der Waals surface area contributed by atoms with E-state index >= 15 is 0 Å². The molecule has 0 fully saturated rings. The molecule has 2 N–H and O–H groups in total. The fourth-order valence-electron chi connectivity index (χ4n) is 1.81. The summed E-state index contributed by atoms with van der Waals surface area (Å²) in [4.78, 5) is 23.1. The number of carbonyl (C=O) groups is 2. The summed E-state index contributed by atoms with van der Waals surface area (Å²) in [5.41, 5.74) is -0.364. The van der Waals surface area contributed by atoms with Crippen molar-refractivity contribution in [2.45, 2.75) is 32.9 Å². The quantitative estimate of drug-likeness (QED) is 0.810. The summed E-state index contributed by atoms with van der Waals surface area (Å²) in [5.74, 6) is -3.69. The Balaban J connectivity index is 2.98. The van der Waals surface area contributed by atoms with Crippen LogP contribution in [0.3, 0.4) is 0 Å². The predicted octanol–water partition coefficient (Wildman–Crippen LogP) is 2.66. The van der Waals surface area contributed by atoms with Gasteiger partial charge in [-0.2, -0.15) is 8.78 Å². The Kier molecular flexibility index (Phi) is 6.21. The second kappa shape index (κ2) is 7.67. The average Bonchev–Trinajstić information content (AvgIpc) is 2.36. The van der Waals surface area contributed by atoms with Gasteiger partial charge in [-0.3, -0.25) is 4.79 Å². The summed E-state index contributed by atoms with van der Waals surface area (Å²) in [7, 11) is 0. The van der Waals surface area contributed by atoms with Gasteiger partial charge in [-0.15, -0.1) is 0 Å². The SMILES string of the molecule is CC(C)C[C@@H](NC(=O)c1ccc(F)cc1OC(F)F)C(=O)O. The van der Waals surface area contributed by atoms with Crippen LogP contribution in [-0.2, 0) is 4.79 Å². The van der Waals surface area contributed by atoms with E-state index in [-0.39, 0.29) is 17.9 Å². The number of amides is 1. The summed E-state index contributed by atoms with van der Waals surface area (Å²) < 4.78 is 41.7. The molecule has 0 aliphatic rings. The Morgan fingerprint density at radius 3 is 2.45 bits per heavy atom. The number of halogens is 3. The molecule has 1 atom stereocenters. The molecule has 0 unspecified atom stereocenters. The highest BCUT2D eigenvalue weighted by Crippen LogP contribution is 2.22. The monoisotopic (exact) mass is 319 g/mol. The van der Waals surface area contributed by atoms with Gasteiger partial charge in [0.15, 0.2) is 0 Å². The molecular formula is C14H16F3NO4. The van der Waals surface area contributed by atoms with E-state index in [1.807, 2.05) is 0 Å². The van der Waals surface area contributed by atoms with Crippen molar-refractivity contribution in [3.63, 3.8) is 0 Å². The highest BCUT2D eigenvalue weighted by atomic mass is 19.3. The van der Waals surface area contributed by atoms with Gasteiger partial charge in [-0.25, -0.2) is 9.18 Å². The van der Waals surface area contributed by atoms with Crippen molar-refractivity contribution in [1.82, 2.24) is 5.32 Å². The molecule has 0 aromatic heterocycles. The zero-order valence-electron chi connectivity index (χ0n) is 12.0. The standard InChI is InChI=1S/C14H16F3NO4/c1-7(2)5-10(13(20)21)18-12(19)9-4-3-8(15)6-11(9)22-14(16)17/h3-4,6-7,10,14H,5H2,1-2H3,(H,18,19)(H,20,21)/t10-/m1/s1. The van der Waals surface area contributed by atoms with E-state index in [2.05, 4.69) is 10.1 Å². The van der Waals surface area contributed by atoms with Crippen molar-refractivity contribution in [2.75, 3.05) is 0 Å². The zero-order chi connectivity index (χ0) is 16.9. The molecule has 1 amide bonds. The first kappa shape index (κ1) is 17.8. The minimum absolute atomic E-state index is 0.00796. The first-order valence-electron chi connectivity index (χ1n) is 6.48. The number of carboxylic acids is 1. The third-order valence-electron chi connectivity index (χ3n) is 2.71. The maximum absolute atomic E-state index is 13.1. The third kappa shape index (κ3) is 5.27. The van der Waals surface area contributed by atoms with Gasteiger partial charge in [0.2, 0.25) is 0 Å². The van der Waals surface area contributed by atoms with Crippen molar-refractivity contribution < 1.29 is 32.6 Å². The second-order valence-electron chi connectivity index (χ2n) is 5.01. The van der Waals surface area contributed by atoms with Crippen LogP contribution in [-0.4, -0.2) is 29.6 Å². The van der Waals surface area contributed by atoms with Crippen LogP contribution in [0.4, 0.5) is 13.2 Å². The van der Waals surface area contributed by atoms with Crippen molar-refractivity contribution in [3.8, 4) is 5.75 Å². The van der Waals surface area contributed by atoms with Crippen LogP contribution < -0.4 is 10.1 Å². The van der Waals surface area contributed by atoms with Crippen LogP contribution in [0.2, 0.25) is 0 Å². The van der Waals surface area contributed by atoms with Gasteiger partial charge in [0.05, 0.1) is 5.56 Å². The average molecular weight is 319 g/mol. The van der Waals surface area contributed by atoms with Gasteiger partial charge < -0.3 is 15.2 Å². The molecular weight excluding hydrogens is 303 g/mol. The fourth-order valence-corrected chi connectivity index (χ4v) is 1.81. The first-order valence-corrected chi connectivity index (χ1v) is 6.48. The molecule has 0 aliphatic carbocycles.